The molecule has 4 rings (SSSR count). The van der Waals surface area contributed by atoms with Crippen LogP contribution in [0.3, 0.4) is 0 Å². The van der Waals surface area contributed by atoms with Gasteiger partial charge in [-0.15, -0.1) is 0 Å². The number of hydrogen-bond acceptors (Lipinski definition) is 5. The van der Waals surface area contributed by atoms with E-state index in [-0.39, 0.29) is 60.4 Å². The third kappa shape index (κ3) is 8.45. The number of pyridine rings is 1. The minimum Gasteiger partial charge on any atom is -0.466 e. The zero-order valence-corrected chi connectivity index (χ0v) is 29.6. The average molecular weight is 704 g/mol. The molecule has 1 amide bonds. The topological polar surface area (TPSA) is 103 Å². The van der Waals surface area contributed by atoms with Crippen molar-refractivity contribution in [3.63, 3.8) is 0 Å². The minimum absolute atomic E-state index is 0.0110. The molecule has 0 saturated heterocycles. The predicted molar refractivity (Wildman–Crippen MR) is 182 cm³/mol. The summed E-state index contributed by atoms with van der Waals surface area (Å²) in [6.45, 7) is 12.4. The molecule has 50 heavy (non-hydrogen) atoms. The van der Waals surface area contributed by atoms with E-state index in [2.05, 4.69) is 5.32 Å². The largest absolute Gasteiger partial charge is 0.466 e. The molecule has 1 aromatic heterocycles. The first-order chi connectivity index (χ1) is 23.4. The van der Waals surface area contributed by atoms with Crippen LogP contribution in [-0.2, 0) is 26.9 Å². The number of alkyl halides is 3. The number of aryl methyl sites for hydroxylation is 3. The summed E-state index contributed by atoms with van der Waals surface area (Å²) in [7, 11) is 0. The van der Waals surface area contributed by atoms with Gasteiger partial charge in [-0.2, -0.15) is 13.2 Å². The molecule has 0 radical (unpaired) electrons. The maximum absolute atomic E-state index is 17.0. The zero-order chi connectivity index (χ0) is 37.2. The first kappa shape index (κ1) is 38.7. The van der Waals surface area contributed by atoms with Crippen molar-refractivity contribution in [2.24, 2.45) is 17.6 Å². The molecule has 1 fully saturated rings. The molecule has 272 valence electrons. The lowest BCUT2D eigenvalue weighted by molar-refractivity contribution is -0.144. The molecule has 1 heterocycles. The number of benzene rings is 2. The van der Waals surface area contributed by atoms with Gasteiger partial charge in [0.2, 0.25) is 5.91 Å². The number of nitrogens with zero attached hydrogens (tertiary/aromatic N) is 1. The molecule has 12 heteroatoms. The van der Waals surface area contributed by atoms with Gasteiger partial charge in [-0.3, -0.25) is 14.4 Å². The molecule has 1 aliphatic rings. The van der Waals surface area contributed by atoms with Crippen molar-refractivity contribution in [2.75, 3.05) is 13.2 Å². The van der Waals surface area contributed by atoms with E-state index in [1.54, 1.807) is 20.8 Å². The Morgan fingerprint density at radius 2 is 1.68 bits per heavy atom. The zero-order valence-electron chi connectivity index (χ0n) is 29.6. The van der Waals surface area contributed by atoms with E-state index in [9.17, 15) is 27.6 Å². The maximum atomic E-state index is 17.0. The van der Waals surface area contributed by atoms with Gasteiger partial charge in [-0.1, -0.05) is 38.5 Å². The van der Waals surface area contributed by atoms with Crippen LogP contribution in [0.1, 0.15) is 104 Å². The summed E-state index contributed by atoms with van der Waals surface area (Å²) in [5.41, 5.74) is 5.96. The Kier molecular flexibility index (Phi) is 12.0. The van der Waals surface area contributed by atoms with Crippen molar-refractivity contribution in [2.45, 2.75) is 98.3 Å². The van der Waals surface area contributed by atoms with Crippen LogP contribution in [0.5, 0.6) is 0 Å². The van der Waals surface area contributed by atoms with Gasteiger partial charge in [0.05, 0.1) is 24.6 Å². The molecule has 4 atom stereocenters. The van der Waals surface area contributed by atoms with Gasteiger partial charge in [0.1, 0.15) is 17.7 Å². The van der Waals surface area contributed by atoms with Crippen LogP contribution in [0.25, 0.3) is 11.1 Å². The van der Waals surface area contributed by atoms with Crippen molar-refractivity contribution < 1.29 is 36.3 Å². The Balaban J connectivity index is 1.92. The summed E-state index contributed by atoms with van der Waals surface area (Å²) in [6.07, 6.45) is -4.07. The molecular weight excluding hydrogens is 657 g/mol. The van der Waals surface area contributed by atoms with Crippen molar-refractivity contribution in [1.82, 2.24) is 9.88 Å². The summed E-state index contributed by atoms with van der Waals surface area (Å²) in [5, 5.41) is 2.62. The highest BCUT2D eigenvalue weighted by atomic mass is 19.4. The number of hydrogen-bond donors (Lipinski definition) is 2. The van der Waals surface area contributed by atoms with Crippen molar-refractivity contribution >= 4 is 11.9 Å². The first-order valence-corrected chi connectivity index (χ1v) is 17.0. The number of rotatable bonds is 13. The number of amides is 1. The number of carbonyl (C=O) groups is 2. The molecule has 2 aromatic carbocycles. The second kappa shape index (κ2) is 15.4. The average Bonchev–Trinajstić information content (AvgIpc) is 3.72. The van der Waals surface area contributed by atoms with E-state index in [0.29, 0.717) is 18.1 Å². The molecule has 7 nitrogen and oxygen atoms in total. The smallest absolute Gasteiger partial charge is 0.416 e. The highest BCUT2D eigenvalue weighted by Crippen LogP contribution is 2.50. The van der Waals surface area contributed by atoms with E-state index in [0.717, 1.165) is 27.5 Å². The number of ether oxygens (including phenoxy) is 1. The van der Waals surface area contributed by atoms with Gasteiger partial charge in [0.15, 0.2) is 0 Å². The quantitative estimate of drug-likeness (QED) is 0.140. The molecule has 0 bridgehead atoms. The molecular formula is C38H46F5N3O4. The van der Waals surface area contributed by atoms with Gasteiger partial charge in [0, 0.05) is 23.4 Å². The maximum Gasteiger partial charge on any atom is 0.416 e. The van der Waals surface area contributed by atoms with Crippen LogP contribution in [-0.4, -0.2) is 29.6 Å². The van der Waals surface area contributed by atoms with Crippen LogP contribution in [0.2, 0.25) is 0 Å². The molecule has 2 unspecified atom stereocenters. The third-order valence-corrected chi connectivity index (χ3v) is 9.27. The van der Waals surface area contributed by atoms with E-state index in [1.807, 2.05) is 39.8 Å². The normalized spacial score (nSPS) is 17.1. The van der Waals surface area contributed by atoms with Gasteiger partial charge in [-0.05, 0) is 105 Å². The fourth-order valence-electron chi connectivity index (χ4n) is 6.92. The number of nitrogens with two attached hydrogens (primary N) is 1. The SMILES string of the molecule is CCOC(=O)C[C@H](NC(=O)C(CC(C)C)n1cc(CCN)c(C(F)(F)F)cc1=O)c1c(F)c(-c2c(C)cc(C)cc2C)cc(C2C[C@@H]2C)c1F. The monoisotopic (exact) mass is 703 g/mol. The lowest BCUT2D eigenvalue weighted by atomic mass is 9.87. The lowest BCUT2D eigenvalue weighted by Crippen LogP contribution is -2.41. The highest BCUT2D eigenvalue weighted by molar-refractivity contribution is 5.82. The Bertz CT molecular complexity index is 1790. The number of nitrogens with one attached hydrogen (secondary N) is 1. The molecule has 3 N–H and O–H groups in total. The minimum atomic E-state index is -4.84. The summed E-state index contributed by atoms with van der Waals surface area (Å²) >= 11 is 0. The Hall–Kier alpha value is -4.06. The Morgan fingerprint density at radius 1 is 1.06 bits per heavy atom. The van der Waals surface area contributed by atoms with Crippen LogP contribution in [0.4, 0.5) is 22.0 Å². The van der Waals surface area contributed by atoms with E-state index in [1.165, 1.54) is 6.07 Å². The first-order valence-electron chi connectivity index (χ1n) is 17.0. The van der Waals surface area contributed by atoms with Crippen LogP contribution in [0.15, 0.2) is 35.3 Å². The fraction of sp³-hybridized carbons (Fsp3) is 0.500. The summed E-state index contributed by atoms with van der Waals surface area (Å²) in [4.78, 5) is 40.3. The molecule has 0 spiro atoms. The highest BCUT2D eigenvalue weighted by Gasteiger charge is 2.41. The van der Waals surface area contributed by atoms with Crippen LogP contribution in [0, 0.1) is 44.2 Å². The van der Waals surface area contributed by atoms with Crippen LogP contribution < -0.4 is 16.6 Å². The Morgan fingerprint density at radius 3 is 2.20 bits per heavy atom. The summed E-state index contributed by atoms with van der Waals surface area (Å²) in [5.74, 6) is -3.91. The van der Waals surface area contributed by atoms with Crippen LogP contribution >= 0.6 is 0 Å². The lowest BCUT2D eigenvalue weighted by Gasteiger charge is -2.28. The number of carbonyl (C=O) groups excluding carboxylic acids is 2. The van der Waals surface area contributed by atoms with E-state index in [4.69, 9.17) is 10.5 Å². The van der Waals surface area contributed by atoms with Gasteiger partial charge in [-0.25, -0.2) is 8.78 Å². The number of halogens is 5. The molecule has 0 aliphatic heterocycles. The van der Waals surface area contributed by atoms with E-state index >= 15 is 8.78 Å². The van der Waals surface area contributed by atoms with Gasteiger partial charge >= 0.3 is 12.1 Å². The number of esters is 1. The van der Waals surface area contributed by atoms with Crippen molar-refractivity contribution in [3.05, 3.63) is 91.4 Å². The molecule has 3 aromatic rings. The molecule has 1 aliphatic carbocycles. The van der Waals surface area contributed by atoms with E-state index < -0.39 is 64.9 Å². The third-order valence-electron chi connectivity index (χ3n) is 9.27. The van der Waals surface area contributed by atoms with Gasteiger partial charge < -0.3 is 20.4 Å². The van der Waals surface area contributed by atoms with Crippen molar-refractivity contribution in [3.8, 4) is 11.1 Å². The summed E-state index contributed by atoms with van der Waals surface area (Å²) < 4.78 is 81.2. The second-order valence-electron chi connectivity index (χ2n) is 13.9. The number of aromatic nitrogens is 1. The fourth-order valence-corrected chi connectivity index (χ4v) is 6.92. The summed E-state index contributed by atoms with van der Waals surface area (Å²) in [6, 6.07) is 2.75. The standard InChI is InChI=1S/C38H46F5N3O4/c1-8-50-32(48)17-29(45-37(49)30(11-19(2)3)46-18-24(9-10-44)28(16-31(46)47)38(41,42)43)34-35(39)26(25-14-21(25)5)15-27(36(34)40)33-22(6)12-20(4)13-23(33)7/h12-13,15-16,18-19,21,25,29-30H,8-11,14,17,44H2,1-7H3,(H,45,49)/t21-,25?,29-,30?/m0/s1. The second-order valence-corrected chi connectivity index (χ2v) is 13.9. The van der Waals surface area contributed by atoms with Gasteiger partial charge in [0.25, 0.3) is 5.56 Å². The molecule has 1 saturated carbocycles. The predicted octanol–water partition coefficient (Wildman–Crippen LogP) is 7.76. The van der Waals surface area contributed by atoms with Crippen molar-refractivity contribution in [1.29, 1.82) is 0 Å². The Labute approximate surface area is 289 Å².